The third kappa shape index (κ3) is 4.15. The summed E-state index contributed by atoms with van der Waals surface area (Å²) in [5.41, 5.74) is 0. The summed E-state index contributed by atoms with van der Waals surface area (Å²) >= 11 is -0.0703. The Morgan fingerprint density at radius 3 is 2.40 bits per heavy atom. The fourth-order valence-electron chi connectivity index (χ4n) is 0.118. The molecule has 0 atom stereocenters. The molecule has 0 fully saturated rings. The molecule has 0 aromatic rings. The van der Waals surface area contributed by atoms with Crippen LogP contribution in [-0.2, 0) is 0 Å². The van der Waals surface area contributed by atoms with Gasteiger partial charge in [0.1, 0.15) is 0 Å². The Labute approximate surface area is 38.9 Å². The van der Waals surface area contributed by atoms with Crippen molar-refractivity contribution >= 4 is 20.3 Å². The second kappa shape index (κ2) is 4.15. The second-order valence-electron chi connectivity index (χ2n) is 0.813. The predicted octanol–water partition coefficient (Wildman–Crippen LogP) is 0.459. The first-order valence-corrected chi connectivity index (χ1v) is 5.06. The zero-order chi connectivity index (χ0) is 4.12. The molecule has 0 nitrogen and oxygen atoms in total. The Kier molecular flexibility index (Phi) is 4.28. The Balaban J connectivity index is 2.65. The number of allylic oxidation sites excluding steroid dienone is 1. The van der Waals surface area contributed by atoms with Crippen LogP contribution in [-0.4, -0.2) is 20.3 Å². The van der Waals surface area contributed by atoms with E-state index < -0.39 is 0 Å². The topological polar surface area (TPSA) is 0 Å². The Morgan fingerprint density at radius 2 is 2.40 bits per heavy atom. The monoisotopic (exact) mass is 130 g/mol. The molecular weight excluding hydrogens is 121 g/mol. The summed E-state index contributed by atoms with van der Waals surface area (Å²) in [7, 11) is 0. The first-order valence-electron chi connectivity index (χ1n) is 1.63. The van der Waals surface area contributed by atoms with Crippen molar-refractivity contribution in [1.29, 1.82) is 0 Å². The van der Waals surface area contributed by atoms with Crippen molar-refractivity contribution in [3.63, 3.8) is 0 Å². The van der Waals surface area contributed by atoms with Crippen LogP contribution in [0.3, 0.4) is 0 Å². The van der Waals surface area contributed by atoms with Crippen LogP contribution in [0.5, 0.6) is 0 Å². The van der Waals surface area contributed by atoms with Crippen molar-refractivity contribution < 1.29 is 0 Å². The third-order valence-corrected chi connectivity index (χ3v) is 1.73. The fourth-order valence-corrected chi connectivity index (χ4v) is 0.612. The zero-order valence-electron chi connectivity index (χ0n) is 3.28. The fraction of sp³-hybridized carbons (Fsp3) is 0.250. The third-order valence-electron chi connectivity index (χ3n) is 0.333. The summed E-state index contributed by atoms with van der Waals surface area (Å²) in [6.45, 7) is 3.55. The molecule has 5 heavy (non-hydrogen) atoms. The number of hydrogen-bond acceptors (Lipinski definition) is 0. The van der Waals surface area contributed by atoms with E-state index in [1.165, 1.54) is 5.25 Å². The van der Waals surface area contributed by atoms with E-state index in [4.69, 9.17) is 0 Å². The number of rotatable bonds is 2. The Hall–Kier alpha value is 0.153. The molecule has 0 rings (SSSR count). The van der Waals surface area contributed by atoms with Crippen LogP contribution >= 0.6 is 0 Å². The molecule has 0 N–H and O–H groups in total. The Morgan fingerprint density at radius 1 is 1.80 bits per heavy atom. The van der Waals surface area contributed by atoms with E-state index in [-0.39, 0.29) is 15.0 Å². The molecule has 0 unspecified atom stereocenters. The van der Waals surface area contributed by atoms with Crippen molar-refractivity contribution in [2.45, 2.75) is 5.25 Å². The van der Waals surface area contributed by atoms with Crippen molar-refractivity contribution in [1.82, 2.24) is 0 Å². The summed E-state index contributed by atoms with van der Waals surface area (Å²) in [6.07, 6.45) is 1.94. The van der Waals surface area contributed by atoms with Gasteiger partial charge in [0.15, 0.2) is 0 Å². The second-order valence-corrected chi connectivity index (χ2v) is 3.01. The quantitative estimate of drug-likeness (QED) is 0.375. The molecule has 0 saturated carbocycles. The van der Waals surface area contributed by atoms with Crippen LogP contribution in [0.1, 0.15) is 0 Å². The van der Waals surface area contributed by atoms with Crippen molar-refractivity contribution in [2.75, 3.05) is 0 Å². The SMILES string of the molecule is C=C[CH2][GeH]=[CH2]. The van der Waals surface area contributed by atoms with Crippen LogP contribution in [0, 0.1) is 0 Å². The van der Waals surface area contributed by atoms with Gasteiger partial charge < -0.3 is 0 Å². The van der Waals surface area contributed by atoms with Gasteiger partial charge in [0, 0.05) is 0 Å². The average Bonchev–Trinajstić information content (AvgIpc) is 1.41. The van der Waals surface area contributed by atoms with E-state index in [1.54, 1.807) is 0 Å². The summed E-state index contributed by atoms with van der Waals surface area (Å²) in [6, 6.07) is 0. The standard InChI is InChI=1S/C4H8Ge/c1-3-4-5-2/h3,5H,1-2,4H2. The summed E-state index contributed by atoms with van der Waals surface area (Å²) in [4.78, 5) is 0. The number of hydrogen-bond donors (Lipinski definition) is 0. The van der Waals surface area contributed by atoms with Gasteiger partial charge in [-0.15, -0.1) is 0 Å². The van der Waals surface area contributed by atoms with Gasteiger partial charge in [-0.3, -0.25) is 0 Å². The molecule has 0 aliphatic rings. The van der Waals surface area contributed by atoms with E-state index in [9.17, 15) is 0 Å². The summed E-state index contributed by atoms with van der Waals surface area (Å²) in [5.74, 6) is 0. The predicted molar refractivity (Wildman–Crippen MR) is 29.3 cm³/mol. The molecule has 0 spiro atoms. The van der Waals surface area contributed by atoms with Crippen molar-refractivity contribution in [3.05, 3.63) is 12.7 Å². The van der Waals surface area contributed by atoms with Gasteiger partial charge in [-0.1, -0.05) is 0 Å². The molecule has 0 bridgehead atoms. The van der Waals surface area contributed by atoms with Crippen LogP contribution in [0.25, 0.3) is 0 Å². The van der Waals surface area contributed by atoms with Crippen LogP contribution in [0.4, 0.5) is 0 Å². The maximum absolute atomic E-state index is 3.76. The van der Waals surface area contributed by atoms with E-state index in [0.717, 1.165) is 0 Å². The van der Waals surface area contributed by atoms with Gasteiger partial charge >= 0.3 is 38.3 Å². The zero-order valence-corrected chi connectivity index (χ0v) is 5.70. The van der Waals surface area contributed by atoms with Gasteiger partial charge in [0.25, 0.3) is 0 Å². The first-order chi connectivity index (χ1) is 2.41. The van der Waals surface area contributed by atoms with Gasteiger partial charge in [-0.2, -0.15) is 0 Å². The van der Waals surface area contributed by atoms with Gasteiger partial charge in [0.05, 0.1) is 0 Å². The van der Waals surface area contributed by atoms with E-state index >= 15 is 0 Å². The van der Waals surface area contributed by atoms with E-state index in [0.29, 0.717) is 0 Å². The molecule has 0 aliphatic heterocycles. The first kappa shape index (κ1) is 5.15. The molecule has 0 aliphatic carbocycles. The van der Waals surface area contributed by atoms with Crippen molar-refractivity contribution in [3.8, 4) is 0 Å². The van der Waals surface area contributed by atoms with E-state index in [2.05, 4.69) is 11.9 Å². The molecule has 0 radical (unpaired) electrons. The van der Waals surface area contributed by atoms with Gasteiger partial charge in [0.2, 0.25) is 0 Å². The van der Waals surface area contributed by atoms with Crippen LogP contribution in [0.2, 0.25) is 5.25 Å². The molecule has 0 heterocycles. The normalized spacial score (nSPS) is 6.40. The van der Waals surface area contributed by atoms with E-state index in [1.807, 2.05) is 6.08 Å². The molecule has 28 valence electrons. The maximum atomic E-state index is 3.76. The van der Waals surface area contributed by atoms with Gasteiger partial charge in [-0.05, 0) is 0 Å². The molecule has 1 heteroatoms. The molecule has 0 amide bonds. The van der Waals surface area contributed by atoms with Crippen LogP contribution < -0.4 is 0 Å². The van der Waals surface area contributed by atoms with Crippen molar-refractivity contribution in [2.24, 2.45) is 0 Å². The van der Waals surface area contributed by atoms with Gasteiger partial charge in [-0.25, -0.2) is 0 Å². The minimum absolute atomic E-state index is 0.0703. The summed E-state index contributed by atoms with van der Waals surface area (Å²) in [5, 5.41) is 4.96. The molecular formula is C4H8Ge. The average molecular weight is 129 g/mol. The van der Waals surface area contributed by atoms with Crippen LogP contribution in [0.15, 0.2) is 12.7 Å². The molecule has 0 saturated heterocycles. The molecule has 0 aromatic carbocycles. The molecule has 0 aromatic heterocycles. The Bertz CT molecular complexity index is 32.9. The minimum atomic E-state index is -0.0703. The summed E-state index contributed by atoms with van der Waals surface area (Å²) < 4.78 is 0.